The molecule has 15 nitrogen and oxygen atoms in total. The molecule has 2 fully saturated rings. The van der Waals surface area contributed by atoms with Crippen LogP contribution in [0.5, 0.6) is 0 Å². The first-order valence-electron chi connectivity index (χ1n) is 14.3. The molecule has 1 aromatic rings. The van der Waals surface area contributed by atoms with Crippen LogP contribution >= 0.6 is 0 Å². The van der Waals surface area contributed by atoms with E-state index in [9.17, 15) is 28.8 Å². The fourth-order valence-electron chi connectivity index (χ4n) is 5.15. The number of hydrogen-bond donors (Lipinski definition) is 0. The molecular formula is C29H36N2O13. The quantitative estimate of drug-likeness (QED) is 0.141. The second-order valence-corrected chi connectivity index (χ2v) is 10.3. The third-order valence-electron chi connectivity index (χ3n) is 7.09. The Bertz CT molecular complexity index is 1210. The van der Waals surface area contributed by atoms with Gasteiger partial charge in [0.2, 0.25) is 0 Å². The topological polar surface area (TPSA) is 174 Å². The summed E-state index contributed by atoms with van der Waals surface area (Å²) in [4.78, 5) is 76.3. The highest BCUT2D eigenvalue weighted by Gasteiger charge is 2.53. The lowest BCUT2D eigenvalue weighted by molar-refractivity contribution is -0.306. The fourth-order valence-corrected chi connectivity index (χ4v) is 5.15. The monoisotopic (exact) mass is 620 g/mol. The van der Waals surface area contributed by atoms with Crippen LogP contribution in [0, 0.1) is 0 Å². The predicted molar refractivity (Wildman–Crippen MR) is 146 cm³/mol. The number of amides is 3. The molecule has 1 aromatic carbocycles. The normalized spacial score (nSPS) is 24.6. The van der Waals surface area contributed by atoms with Crippen LogP contribution in [0.4, 0.5) is 4.79 Å². The number of rotatable bonds is 12. The zero-order valence-electron chi connectivity index (χ0n) is 24.8. The van der Waals surface area contributed by atoms with Crippen molar-refractivity contribution in [3.63, 3.8) is 0 Å². The Morgan fingerprint density at radius 2 is 1.41 bits per heavy atom. The number of ether oxygens (including phenoxy) is 7. The zero-order chi connectivity index (χ0) is 31.8. The van der Waals surface area contributed by atoms with Gasteiger partial charge in [-0.1, -0.05) is 12.1 Å². The third kappa shape index (κ3) is 8.09. The fraction of sp³-hybridized carbons (Fsp3) is 0.586. The second-order valence-electron chi connectivity index (χ2n) is 10.3. The van der Waals surface area contributed by atoms with Gasteiger partial charge in [-0.3, -0.25) is 28.9 Å². The average Bonchev–Trinajstić information content (AvgIpc) is 3.60. The standard InChI is InChI=1S/C29H36N2O13/c1-17(32)40-16-22-23(41-18(2)33)24(42-19(3)34)25(44-29(37)30-10-6-7-11-30)28(43-22)39-15-14-38-13-12-31-26(35)20-8-4-5-9-21(20)27(31)36/h4-5,8-9,22-25,28H,6-7,10-16H2,1-3H3/t22-,23-,24+,25+,28+/m1/s1. The van der Waals surface area contributed by atoms with Crippen molar-refractivity contribution in [3.05, 3.63) is 35.4 Å². The summed E-state index contributed by atoms with van der Waals surface area (Å²) >= 11 is 0. The number of fused-ring (bicyclic) bond motifs is 1. The van der Waals surface area contributed by atoms with Gasteiger partial charge in [0.1, 0.15) is 12.7 Å². The zero-order valence-corrected chi connectivity index (χ0v) is 24.8. The van der Waals surface area contributed by atoms with Crippen LogP contribution in [0.15, 0.2) is 24.3 Å². The molecule has 240 valence electrons. The highest BCUT2D eigenvalue weighted by Crippen LogP contribution is 2.30. The third-order valence-corrected chi connectivity index (χ3v) is 7.09. The first-order valence-corrected chi connectivity index (χ1v) is 14.3. The molecule has 0 N–H and O–H groups in total. The summed E-state index contributed by atoms with van der Waals surface area (Å²) < 4.78 is 39.1. The van der Waals surface area contributed by atoms with E-state index in [1.54, 1.807) is 24.3 Å². The molecule has 15 heteroatoms. The van der Waals surface area contributed by atoms with E-state index >= 15 is 0 Å². The maximum absolute atomic E-state index is 13.0. The Hall–Kier alpha value is -4.08. The van der Waals surface area contributed by atoms with E-state index in [1.165, 1.54) is 11.8 Å². The molecule has 0 unspecified atom stereocenters. The summed E-state index contributed by atoms with van der Waals surface area (Å²) in [6.07, 6.45) is -5.64. The highest BCUT2D eigenvalue weighted by molar-refractivity contribution is 6.21. The summed E-state index contributed by atoms with van der Waals surface area (Å²) in [6, 6.07) is 6.54. The minimum Gasteiger partial charge on any atom is -0.463 e. The molecule has 3 heterocycles. The van der Waals surface area contributed by atoms with Gasteiger partial charge in [0.25, 0.3) is 11.8 Å². The van der Waals surface area contributed by atoms with Crippen LogP contribution in [0.2, 0.25) is 0 Å². The van der Waals surface area contributed by atoms with Gasteiger partial charge in [-0.2, -0.15) is 0 Å². The molecule has 3 aliphatic rings. The molecule has 44 heavy (non-hydrogen) atoms. The lowest BCUT2D eigenvalue weighted by Gasteiger charge is -2.44. The maximum atomic E-state index is 13.0. The van der Waals surface area contributed by atoms with Crippen LogP contribution in [0.1, 0.15) is 54.3 Å². The van der Waals surface area contributed by atoms with Gasteiger partial charge in [0.15, 0.2) is 24.6 Å². The summed E-state index contributed by atoms with van der Waals surface area (Å²) in [5, 5.41) is 0. The summed E-state index contributed by atoms with van der Waals surface area (Å²) in [7, 11) is 0. The number of benzene rings is 1. The van der Waals surface area contributed by atoms with E-state index in [2.05, 4.69) is 0 Å². The molecule has 5 atom stereocenters. The van der Waals surface area contributed by atoms with Gasteiger partial charge in [0.05, 0.1) is 37.5 Å². The number of likely N-dealkylation sites (tertiary alicyclic amines) is 1. The summed E-state index contributed by atoms with van der Waals surface area (Å²) in [5.74, 6) is -2.93. The van der Waals surface area contributed by atoms with E-state index in [-0.39, 0.29) is 33.0 Å². The predicted octanol–water partition coefficient (Wildman–Crippen LogP) is 1.07. The van der Waals surface area contributed by atoms with Crippen LogP contribution < -0.4 is 0 Å². The SMILES string of the molecule is CC(=O)OC[C@H]1O[C@H](OCCOCCN2C(=O)c3ccccc3C2=O)[C@@H](OC(=O)N2CCCC2)[C@@H](OC(C)=O)[C@@H]1OC(C)=O. The Kier molecular flexibility index (Phi) is 11.3. The van der Waals surface area contributed by atoms with E-state index in [0.717, 1.165) is 31.6 Å². The van der Waals surface area contributed by atoms with Crippen LogP contribution in [-0.2, 0) is 47.5 Å². The van der Waals surface area contributed by atoms with Crippen molar-refractivity contribution >= 4 is 35.8 Å². The maximum Gasteiger partial charge on any atom is 0.410 e. The number of esters is 3. The lowest BCUT2D eigenvalue weighted by Crippen LogP contribution is -2.63. The van der Waals surface area contributed by atoms with Crippen LogP contribution in [0.3, 0.4) is 0 Å². The second kappa shape index (κ2) is 15.1. The molecule has 4 rings (SSSR count). The van der Waals surface area contributed by atoms with E-state index in [1.807, 2.05) is 0 Å². The molecule has 0 radical (unpaired) electrons. The lowest BCUT2D eigenvalue weighted by atomic mass is 9.98. The van der Waals surface area contributed by atoms with Crippen LogP contribution in [-0.4, -0.2) is 122 Å². The van der Waals surface area contributed by atoms with Gasteiger partial charge in [-0.25, -0.2) is 4.79 Å². The molecule has 0 spiro atoms. The van der Waals surface area contributed by atoms with Crippen molar-refractivity contribution in [1.82, 2.24) is 9.80 Å². The largest absolute Gasteiger partial charge is 0.463 e. The smallest absolute Gasteiger partial charge is 0.410 e. The van der Waals surface area contributed by atoms with Gasteiger partial charge >= 0.3 is 24.0 Å². The first kappa shape index (κ1) is 32.8. The molecule has 2 saturated heterocycles. The number of imide groups is 1. The number of hydrogen-bond acceptors (Lipinski definition) is 13. The van der Waals surface area contributed by atoms with E-state index in [0.29, 0.717) is 24.2 Å². The van der Waals surface area contributed by atoms with Crippen molar-refractivity contribution in [1.29, 1.82) is 0 Å². The van der Waals surface area contributed by atoms with Crippen LogP contribution in [0.25, 0.3) is 0 Å². The van der Waals surface area contributed by atoms with Gasteiger partial charge in [0, 0.05) is 33.9 Å². The molecule has 3 amide bonds. The number of carbonyl (C=O) groups excluding carboxylic acids is 6. The van der Waals surface area contributed by atoms with Crippen molar-refractivity contribution in [2.24, 2.45) is 0 Å². The minimum atomic E-state index is -1.37. The van der Waals surface area contributed by atoms with Crippen molar-refractivity contribution < 1.29 is 61.9 Å². The summed E-state index contributed by atoms with van der Waals surface area (Å²) in [5.41, 5.74) is 0.671. The van der Waals surface area contributed by atoms with Gasteiger partial charge in [-0.15, -0.1) is 0 Å². The molecule has 0 aromatic heterocycles. The van der Waals surface area contributed by atoms with Gasteiger partial charge < -0.3 is 38.1 Å². The Morgan fingerprint density at radius 3 is 2.00 bits per heavy atom. The Balaban J connectivity index is 1.42. The molecule has 0 aliphatic carbocycles. The molecule has 0 bridgehead atoms. The first-order chi connectivity index (χ1) is 21.1. The van der Waals surface area contributed by atoms with Crippen molar-refractivity contribution in [2.75, 3.05) is 46.1 Å². The number of nitrogens with zero attached hydrogens (tertiary/aromatic N) is 2. The Labute approximate surface area is 253 Å². The minimum absolute atomic E-state index is 0.0178. The Morgan fingerprint density at radius 1 is 0.795 bits per heavy atom. The van der Waals surface area contributed by atoms with Gasteiger partial charge in [-0.05, 0) is 25.0 Å². The van der Waals surface area contributed by atoms with E-state index < -0.39 is 66.5 Å². The molecular weight excluding hydrogens is 584 g/mol. The molecule has 3 aliphatic heterocycles. The van der Waals surface area contributed by atoms with Crippen molar-refractivity contribution in [2.45, 2.75) is 64.3 Å². The van der Waals surface area contributed by atoms with E-state index in [4.69, 9.17) is 33.2 Å². The average molecular weight is 621 g/mol. The number of carbonyl (C=O) groups is 6. The highest BCUT2D eigenvalue weighted by atomic mass is 16.7. The summed E-state index contributed by atoms with van der Waals surface area (Å²) in [6.45, 7) is 3.93. The van der Waals surface area contributed by atoms with Crippen molar-refractivity contribution in [3.8, 4) is 0 Å². The molecule has 0 saturated carbocycles.